The van der Waals surface area contributed by atoms with Gasteiger partial charge in [-0.15, -0.1) is 0 Å². The first-order chi connectivity index (χ1) is 10.1. The Labute approximate surface area is 131 Å². The predicted octanol–water partition coefficient (Wildman–Crippen LogP) is 4.82. The van der Waals surface area contributed by atoms with Gasteiger partial charge in [-0.3, -0.25) is 0 Å². The van der Waals surface area contributed by atoms with Gasteiger partial charge in [0, 0.05) is 4.47 Å². The smallest absolute Gasteiger partial charge is 0.339 e. The molecule has 4 heteroatoms. The van der Waals surface area contributed by atoms with Crippen LogP contribution in [0.3, 0.4) is 0 Å². The highest BCUT2D eigenvalue weighted by molar-refractivity contribution is 9.10. The van der Waals surface area contributed by atoms with Gasteiger partial charge in [-0.05, 0) is 67.1 Å². The third-order valence-electron chi connectivity index (χ3n) is 3.72. The molecule has 0 unspecified atom stereocenters. The van der Waals surface area contributed by atoms with E-state index in [2.05, 4.69) is 22.0 Å². The number of halogens is 1. The lowest BCUT2D eigenvalue weighted by molar-refractivity contribution is 0.0694. The number of benzene rings is 2. The summed E-state index contributed by atoms with van der Waals surface area (Å²) in [4.78, 5) is 11.3. The summed E-state index contributed by atoms with van der Waals surface area (Å²) in [5, 5.41) is 9.26. The second-order valence-electron chi connectivity index (χ2n) is 5.19. The van der Waals surface area contributed by atoms with Crippen LogP contribution < -0.4 is 4.74 Å². The van der Waals surface area contributed by atoms with Crippen LogP contribution in [-0.4, -0.2) is 11.1 Å². The molecule has 3 rings (SSSR count). The number of carbonyl (C=O) groups is 1. The maximum Gasteiger partial charge on any atom is 0.339 e. The van der Waals surface area contributed by atoms with Gasteiger partial charge in [-0.25, -0.2) is 4.79 Å². The van der Waals surface area contributed by atoms with Gasteiger partial charge < -0.3 is 9.84 Å². The Balaban J connectivity index is 1.92. The molecule has 0 spiro atoms. The number of carboxylic acids is 1. The summed E-state index contributed by atoms with van der Waals surface area (Å²) in [5.74, 6) is 0.0613. The second kappa shape index (κ2) is 5.90. The molecule has 21 heavy (non-hydrogen) atoms. The number of hydrogen-bond donors (Lipinski definition) is 1. The maximum absolute atomic E-state index is 11.3. The van der Waals surface area contributed by atoms with Crippen LogP contribution in [0.4, 0.5) is 0 Å². The molecule has 0 amide bonds. The van der Waals surface area contributed by atoms with Crippen molar-refractivity contribution in [2.75, 3.05) is 0 Å². The molecule has 0 heterocycles. The molecule has 3 nitrogen and oxygen atoms in total. The Kier molecular flexibility index (Phi) is 3.97. The van der Waals surface area contributed by atoms with Crippen LogP contribution in [0.5, 0.6) is 11.5 Å². The average Bonchev–Trinajstić information content (AvgIpc) is 2.49. The van der Waals surface area contributed by atoms with E-state index in [0.29, 0.717) is 11.5 Å². The Morgan fingerprint density at radius 1 is 1.05 bits per heavy atom. The van der Waals surface area contributed by atoms with Crippen LogP contribution in [0.15, 0.2) is 40.9 Å². The minimum atomic E-state index is -0.996. The monoisotopic (exact) mass is 346 g/mol. The fraction of sp³-hybridized carbons (Fsp3) is 0.235. The summed E-state index contributed by atoms with van der Waals surface area (Å²) in [7, 11) is 0. The highest BCUT2D eigenvalue weighted by Gasteiger charge is 2.14. The molecule has 0 bridgehead atoms. The highest BCUT2D eigenvalue weighted by atomic mass is 79.9. The SMILES string of the molecule is O=C(O)c1cc(Br)ccc1Oc1ccc2c(c1)CCCC2. The number of ether oxygens (including phenoxy) is 1. The first-order valence-corrected chi connectivity index (χ1v) is 7.75. The van der Waals surface area contributed by atoms with Crippen LogP contribution in [0.25, 0.3) is 0 Å². The van der Waals surface area contributed by atoms with E-state index in [9.17, 15) is 9.90 Å². The van der Waals surface area contributed by atoms with Crippen LogP contribution >= 0.6 is 15.9 Å². The van der Waals surface area contributed by atoms with Gasteiger partial charge in [-0.1, -0.05) is 22.0 Å². The first kappa shape index (κ1) is 14.1. The summed E-state index contributed by atoms with van der Waals surface area (Å²) in [5.41, 5.74) is 2.85. The molecule has 1 aliphatic carbocycles. The molecule has 0 radical (unpaired) electrons. The van der Waals surface area contributed by atoms with Crippen molar-refractivity contribution in [3.05, 3.63) is 57.6 Å². The number of carboxylic acid groups (broad SMARTS) is 1. The van der Waals surface area contributed by atoms with Crippen molar-refractivity contribution in [2.24, 2.45) is 0 Å². The Morgan fingerprint density at radius 2 is 1.81 bits per heavy atom. The Morgan fingerprint density at radius 3 is 2.57 bits per heavy atom. The fourth-order valence-corrected chi connectivity index (χ4v) is 3.02. The number of aromatic carboxylic acids is 1. The van der Waals surface area contributed by atoms with E-state index in [4.69, 9.17) is 4.74 Å². The molecule has 0 saturated heterocycles. The van der Waals surface area contributed by atoms with E-state index in [1.54, 1.807) is 18.2 Å². The Hall–Kier alpha value is -1.81. The maximum atomic E-state index is 11.3. The van der Waals surface area contributed by atoms with Crippen molar-refractivity contribution in [3.63, 3.8) is 0 Å². The van der Waals surface area contributed by atoms with Crippen LogP contribution in [0.2, 0.25) is 0 Å². The van der Waals surface area contributed by atoms with E-state index in [1.807, 2.05) is 12.1 Å². The summed E-state index contributed by atoms with van der Waals surface area (Å²) in [6.07, 6.45) is 4.63. The zero-order valence-electron chi connectivity index (χ0n) is 11.4. The topological polar surface area (TPSA) is 46.5 Å². The fourth-order valence-electron chi connectivity index (χ4n) is 2.66. The lowest BCUT2D eigenvalue weighted by Crippen LogP contribution is -2.03. The van der Waals surface area contributed by atoms with Crippen molar-refractivity contribution in [1.29, 1.82) is 0 Å². The minimum Gasteiger partial charge on any atom is -0.478 e. The van der Waals surface area contributed by atoms with E-state index in [-0.39, 0.29) is 5.56 Å². The normalized spacial score (nSPS) is 13.6. The average molecular weight is 347 g/mol. The molecule has 1 aliphatic rings. The molecule has 1 N–H and O–H groups in total. The van der Waals surface area contributed by atoms with Gasteiger partial charge in [0.25, 0.3) is 0 Å². The minimum absolute atomic E-state index is 0.155. The van der Waals surface area contributed by atoms with Crippen molar-refractivity contribution in [3.8, 4) is 11.5 Å². The first-order valence-electron chi connectivity index (χ1n) is 6.96. The van der Waals surface area contributed by atoms with Gasteiger partial charge in [-0.2, -0.15) is 0 Å². The van der Waals surface area contributed by atoms with E-state index in [1.165, 1.54) is 24.0 Å². The van der Waals surface area contributed by atoms with E-state index >= 15 is 0 Å². The molecule has 0 fully saturated rings. The van der Waals surface area contributed by atoms with Gasteiger partial charge >= 0.3 is 5.97 Å². The van der Waals surface area contributed by atoms with Crippen molar-refractivity contribution < 1.29 is 14.6 Å². The molecular weight excluding hydrogens is 332 g/mol. The third-order valence-corrected chi connectivity index (χ3v) is 4.21. The van der Waals surface area contributed by atoms with Crippen molar-refractivity contribution in [2.45, 2.75) is 25.7 Å². The van der Waals surface area contributed by atoms with Crippen LogP contribution in [-0.2, 0) is 12.8 Å². The third kappa shape index (κ3) is 3.10. The van der Waals surface area contributed by atoms with Crippen molar-refractivity contribution >= 4 is 21.9 Å². The van der Waals surface area contributed by atoms with Gasteiger partial charge in [0.2, 0.25) is 0 Å². The summed E-state index contributed by atoms with van der Waals surface area (Å²) >= 11 is 3.28. The van der Waals surface area contributed by atoms with E-state index < -0.39 is 5.97 Å². The molecule has 0 atom stereocenters. The number of fused-ring (bicyclic) bond motifs is 1. The number of hydrogen-bond acceptors (Lipinski definition) is 2. The lowest BCUT2D eigenvalue weighted by Gasteiger charge is -2.17. The van der Waals surface area contributed by atoms with Gasteiger partial charge in [0.05, 0.1) is 0 Å². The molecule has 2 aromatic rings. The quantitative estimate of drug-likeness (QED) is 0.866. The molecular formula is C17H15BrO3. The number of rotatable bonds is 3. The molecule has 2 aromatic carbocycles. The van der Waals surface area contributed by atoms with Gasteiger partial charge in [0.15, 0.2) is 0 Å². The standard InChI is InChI=1S/C17H15BrO3/c18-13-6-8-16(15(10-13)17(19)20)21-14-7-5-11-3-1-2-4-12(11)9-14/h5-10H,1-4H2,(H,19,20). The highest BCUT2D eigenvalue weighted by Crippen LogP contribution is 2.31. The molecule has 0 aromatic heterocycles. The second-order valence-corrected chi connectivity index (χ2v) is 6.10. The van der Waals surface area contributed by atoms with Crippen LogP contribution in [0, 0.1) is 0 Å². The van der Waals surface area contributed by atoms with E-state index in [0.717, 1.165) is 17.3 Å². The predicted molar refractivity (Wildman–Crippen MR) is 84.3 cm³/mol. The lowest BCUT2D eigenvalue weighted by atomic mass is 9.92. The summed E-state index contributed by atoms with van der Waals surface area (Å²) < 4.78 is 6.51. The number of aryl methyl sites for hydroxylation is 2. The molecule has 0 saturated carbocycles. The van der Waals surface area contributed by atoms with Crippen LogP contribution in [0.1, 0.15) is 34.3 Å². The summed E-state index contributed by atoms with van der Waals surface area (Å²) in [6, 6.07) is 11.0. The Bertz CT molecular complexity index is 694. The molecule has 0 aliphatic heterocycles. The van der Waals surface area contributed by atoms with Gasteiger partial charge in [0.1, 0.15) is 17.1 Å². The zero-order valence-corrected chi connectivity index (χ0v) is 13.0. The largest absolute Gasteiger partial charge is 0.478 e. The van der Waals surface area contributed by atoms with Crippen molar-refractivity contribution in [1.82, 2.24) is 0 Å². The zero-order chi connectivity index (χ0) is 14.8. The summed E-state index contributed by atoms with van der Waals surface area (Å²) in [6.45, 7) is 0. The molecule has 108 valence electrons.